The van der Waals surface area contributed by atoms with Crippen LogP contribution < -0.4 is 35.0 Å². The number of rotatable bonds is 16. The number of thiazole rings is 2. The van der Waals surface area contributed by atoms with Gasteiger partial charge in [-0.25, -0.2) is 24.9 Å². The normalized spacial score (nSPS) is 11.4. The zero-order valence-corrected chi connectivity index (χ0v) is 41.2. The molecule has 0 saturated heterocycles. The van der Waals surface area contributed by atoms with Gasteiger partial charge in [-0.05, 0) is 38.1 Å². The van der Waals surface area contributed by atoms with Crippen molar-refractivity contribution >= 4 is 106 Å². The Balaban J connectivity index is 0.000000204. The van der Waals surface area contributed by atoms with Crippen LogP contribution >= 0.6 is 34.3 Å². The number of nitrogens with one attached hydrogen (secondary N) is 1. The van der Waals surface area contributed by atoms with Gasteiger partial charge in [0.2, 0.25) is 23.7 Å². The monoisotopic (exact) mass is 986 g/mol. The van der Waals surface area contributed by atoms with Crippen LogP contribution in [0.2, 0.25) is 18.5 Å². The standard InChI is InChI=1S/C12H12N6OS.C9H9ClN4O.C8H11N2OS.3C4H9.Sn/c1-2-19-10-9-6(17-12(14)18-10)3-4-7(16-9)11-15-5-8(13)20-11;1-2-15-8-7-5(12-9(11)14-8)3-4-6(10)13-7;1-8(2,3)7(11)10-6-4-9-5-12-6;3*1-3-4-2;/h3-5H,2,13H2,1H3,(H2,14,17,18);3-4H,2H2,1H3,(H2,11,12,14);4H,1-3H3,(H,10,11);3*1,3-4H2,2H3;. The Morgan fingerprint density at radius 3 is 1.73 bits per heavy atom. The van der Waals surface area contributed by atoms with Gasteiger partial charge in [0, 0.05) is 0 Å². The van der Waals surface area contributed by atoms with Crippen molar-refractivity contribution in [1.82, 2.24) is 39.9 Å². The number of carbonyl (C=O) groups excluding carboxylic acids is 1. The predicted octanol–water partition coefficient (Wildman–Crippen LogP) is 9.55. The van der Waals surface area contributed by atoms with E-state index in [1.807, 2.05) is 52.9 Å². The van der Waals surface area contributed by atoms with Crippen LogP contribution in [0.5, 0.6) is 11.8 Å². The minimum absolute atomic E-state index is 0.0826. The van der Waals surface area contributed by atoms with Gasteiger partial charge < -0.3 is 26.7 Å². The summed E-state index contributed by atoms with van der Waals surface area (Å²) in [6, 6.07) is 7.01. The van der Waals surface area contributed by atoms with Gasteiger partial charge in [-0.1, -0.05) is 22.9 Å². The number of hydrogen-bond acceptors (Lipinski definition) is 16. The van der Waals surface area contributed by atoms with E-state index in [0.717, 1.165) is 10.0 Å². The summed E-state index contributed by atoms with van der Waals surface area (Å²) in [4.78, 5) is 46.2. The quantitative estimate of drug-likeness (QED) is 0.0523. The summed E-state index contributed by atoms with van der Waals surface area (Å²) in [5, 5.41) is 5.79. The molecule has 0 atom stereocenters. The van der Waals surface area contributed by atoms with E-state index in [1.54, 1.807) is 29.7 Å². The van der Waals surface area contributed by atoms with E-state index >= 15 is 0 Å². The van der Waals surface area contributed by atoms with Crippen LogP contribution in [-0.4, -0.2) is 77.4 Å². The average molecular weight is 986 g/mol. The largest absolute Gasteiger partial charge is 0.476 e. The zero-order chi connectivity index (χ0) is 43.9. The number of aromatic nitrogens is 8. The van der Waals surface area contributed by atoms with Crippen molar-refractivity contribution in [3.63, 3.8) is 0 Å². The second kappa shape index (κ2) is 23.1. The Labute approximate surface area is 370 Å². The molecule has 0 radical (unpaired) electrons. The molecule has 0 fully saturated rings. The fourth-order valence-corrected chi connectivity index (χ4v) is 26.3. The maximum Gasteiger partial charge on any atom is 0.245 e. The van der Waals surface area contributed by atoms with Gasteiger partial charge in [0.1, 0.15) is 20.9 Å². The van der Waals surface area contributed by atoms with Crippen molar-refractivity contribution in [2.75, 3.05) is 35.7 Å². The number of nitrogens with two attached hydrogens (primary N) is 3. The van der Waals surface area contributed by atoms with Crippen LogP contribution in [0.4, 0.5) is 21.9 Å². The molecule has 6 aromatic rings. The summed E-state index contributed by atoms with van der Waals surface area (Å²) in [5.74, 6) is 1.15. The molecule has 6 rings (SSSR count). The number of ether oxygens (including phenoxy) is 2. The Morgan fingerprint density at radius 1 is 0.717 bits per heavy atom. The molecule has 0 aromatic carbocycles. The van der Waals surface area contributed by atoms with Crippen molar-refractivity contribution in [1.29, 1.82) is 0 Å². The first-order chi connectivity index (χ1) is 28.7. The Kier molecular flexibility index (Phi) is 18.7. The molecule has 0 spiro atoms. The molecule has 324 valence electrons. The number of pyridine rings is 2. The molecule has 0 bridgehead atoms. The van der Waals surface area contributed by atoms with Crippen LogP contribution in [0.3, 0.4) is 0 Å². The Hall–Kier alpha value is -4.20. The van der Waals surface area contributed by atoms with E-state index in [2.05, 4.69) is 61.0 Å². The van der Waals surface area contributed by atoms with Gasteiger partial charge in [-0.15, -0.1) is 0 Å². The first kappa shape index (κ1) is 48.5. The molecule has 7 N–H and O–H groups in total. The summed E-state index contributed by atoms with van der Waals surface area (Å²) < 4.78 is 16.5. The Morgan fingerprint density at radius 2 is 1.25 bits per heavy atom. The molecule has 6 heterocycles. The maximum atomic E-state index is 12.3. The number of amides is 1. The van der Waals surface area contributed by atoms with E-state index in [-0.39, 0.29) is 23.2 Å². The van der Waals surface area contributed by atoms with Crippen molar-refractivity contribution < 1.29 is 14.3 Å². The molecular formula is C41H59ClN12O3S2Sn. The summed E-state index contributed by atoms with van der Waals surface area (Å²) in [7, 11) is 0. The first-order valence-corrected chi connectivity index (χ1v) is 29.9. The van der Waals surface area contributed by atoms with Gasteiger partial charge >= 0.3 is 164 Å². The molecule has 19 heteroatoms. The number of anilines is 4. The van der Waals surface area contributed by atoms with Crippen LogP contribution in [-0.2, 0) is 4.79 Å². The molecule has 0 aliphatic carbocycles. The van der Waals surface area contributed by atoms with E-state index < -0.39 is 18.4 Å². The molecule has 0 saturated carbocycles. The summed E-state index contributed by atoms with van der Waals surface area (Å²) in [6.07, 6.45) is 11.4. The maximum absolute atomic E-state index is 12.3. The molecule has 0 aliphatic heterocycles. The molecular weight excluding hydrogens is 927 g/mol. The number of carbonyl (C=O) groups is 1. The third kappa shape index (κ3) is 13.7. The minimum Gasteiger partial charge on any atom is -0.476 e. The molecule has 1 amide bonds. The van der Waals surface area contributed by atoms with Crippen LogP contribution in [0.25, 0.3) is 32.8 Å². The summed E-state index contributed by atoms with van der Waals surface area (Å²) in [6.45, 7) is 17.4. The predicted molar refractivity (Wildman–Crippen MR) is 251 cm³/mol. The van der Waals surface area contributed by atoms with Crippen LogP contribution in [0, 0.1) is 5.41 Å². The van der Waals surface area contributed by atoms with Gasteiger partial charge in [-0.2, -0.15) is 9.97 Å². The number of halogens is 1. The third-order valence-corrected chi connectivity index (χ3v) is 29.0. The molecule has 6 aromatic heterocycles. The zero-order valence-electron chi connectivity index (χ0n) is 36.0. The number of nitrogens with zero attached hydrogens (tertiary/aromatic N) is 8. The topological polar surface area (TPSA) is 229 Å². The van der Waals surface area contributed by atoms with Gasteiger partial charge in [0.15, 0.2) is 11.0 Å². The van der Waals surface area contributed by atoms with E-state index in [4.69, 9.17) is 43.3 Å². The SMILES string of the molecule is CCC[CH2][Sn]([CH2]CCC)([CH2]CCC)[c]1ncc(NC(=O)C(C)(C)C)s1.CCOc1nc(N)nc2ccc(-c3ncc(N)s3)nc12.CCOc1nc(N)nc2ccc(Cl)nc12. The number of unbranched alkanes of at least 4 members (excludes halogenated alkanes) is 3. The molecule has 15 nitrogen and oxygen atoms in total. The minimum atomic E-state index is -2.45. The van der Waals surface area contributed by atoms with Gasteiger partial charge in [-0.3, -0.25) is 0 Å². The molecule has 0 aliphatic rings. The smallest absolute Gasteiger partial charge is 0.245 e. The second-order valence-electron chi connectivity index (χ2n) is 15.1. The Bertz CT molecular complexity index is 2280. The van der Waals surface area contributed by atoms with Crippen molar-refractivity contribution in [2.24, 2.45) is 5.41 Å². The van der Waals surface area contributed by atoms with Crippen molar-refractivity contribution in [2.45, 2.75) is 107 Å². The molecule has 60 heavy (non-hydrogen) atoms. The van der Waals surface area contributed by atoms with E-state index in [9.17, 15) is 4.79 Å². The van der Waals surface area contributed by atoms with Crippen LogP contribution in [0.15, 0.2) is 36.7 Å². The number of hydrogen-bond donors (Lipinski definition) is 4. The van der Waals surface area contributed by atoms with Crippen molar-refractivity contribution in [3.05, 3.63) is 41.8 Å². The van der Waals surface area contributed by atoms with Gasteiger partial charge in [0.25, 0.3) is 0 Å². The first-order valence-electron chi connectivity index (χ1n) is 20.5. The fourth-order valence-electron chi connectivity index (χ4n) is 6.10. The van der Waals surface area contributed by atoms with Crippen molar-refractivity contribution in [3.8, 4) is 22.5 Å². The second-order valence-corrected chi connectivity index (χ2v) is 31.6. The summed E-state index contributed by atoms with van der Waals surface area (Å²) in [5.41, 5.74) is 19.6. The number of nitrogen functional groups attached to an aromatic ring is 3. The van der Waals surface area contributed by atoms with Gasteiger partial charge in [0.05, 0.1) is 30.4 Å². The molecule has 0 unspecified atom stereocenters. The van der Waals surface area contributed by atoms with E-state index in [0.29, 0.717) is 62.9 Å². The summed E-state index contributed by atoms with van der Waals surface area (Å²) >= 11 is 6.48. The van der Waals surface area contributed by atoms with E-state index in [1.165, 1.54) is 66.2 Å². The van der Waals surface area contributed by atoms with Crippen LogP contribution in [0.1, 0.15) is 93.9 Å². The number of fused-ring (bicyclic) bond motifs is 2. The third-order valence-electron chi connectivity index (χ3n) is 9.23. The average Bonchev–Trinajstić information content (AvgIpc) is 3.88. The fraction of sp³-hybridized carbons (Fsp3) is 0.488.